The van der Waals surface area contributed by atoms with Crippen LogP contribution in [0.25, 0.3) is 21.2 Å². The predicted octanol–water partition coefficient (Wildman–Crippen LogP) is 4.70. The summed E-state index contributed by atoms with van der Waals surface area (Å²) in [5, 5.41) is 13.2. The van der Waals surface area contributed by atoms with Crippen LogP contribution in [0.2, 0.25) is 0 Å². The van der Waals surface area contributed by atoms with Gasteiger partial charge in [-0.15, -0.1) is 11.3 Å². The SMILES string of the molecule is CCc1ccccc1-c1cccc2sc(CNCCC(=O)O)cc12. The minimum atomic E-state index is -0.766. The fourth-order valence-corrected chi connectivity index (χ4v) is 3.99. The molecule has 0 saturated heterocycles. The van der Waals surface area contributed by atoms with E-state index in [0.717, 1.165) is 6.42 Å². The lowest BCUT2D eigenvalue weighted by atomic mass is 9.96. The van der Waals surface area contributed by atoms with Crippen LogP contribution in [0.5, 0.6) is 0 Å². The fraction of sp³-hybridized carbons (Fsp3) is 0.250. The van der Waals surface area contributed by atoms with E-state index < -0.39 is 5.97 Å². The number of benzene rings is 2. The van der Waals surface area contributed by atoms with Crippen molar-refractivity contribution in [1.29, 1.82) is 0 Å². The Balaban J connectivity index is 1.89. The number of carboxylic acid groups (broad SMARTS) is 1. The summed E-state index contributed by atoms with van der Waals surface area (Å²) in [6, 6.07) is 17.2. The van der Waals surface area contributed by atoms with E-state index in [4.69, 9.17) is 5.11 Å². The molecule has 3 rings (SSSR count). The highest BCUT2D eigenvalue weighted by atomic mass is 32.1. The number of hydrogen-bond donors (Lipinski definition) is 2. The van der Waals surface area contributed by atoms with Crippen LogP contribution in [0.3, 0.4) is 0 Å². The molecule has 0 aliphatic carbocycles. The van der Waals surface area contributed by atoms with Crippen LogP contribution in [-0.2, 0) is 17.8 Å². The monoisotopic (exact) mass is 339 g/mol. The molecule has 2 aromatic carbocycles. The van der Waals surface area contributed by atoms with Gasteiger partial charge < -0.3 is 10.4 Å². The van der Waals surface area contributed by atoms with E-state index in [9.17, 15) is 4.79 Å². The fourth-order valence-electron chi connectivity index (χ4n) is 2.93. The summed E-state index contributed by atoms with van der Waals surface area (Å²) in [5.74, 6) is -0.766. The predicted molar refractivity (Wildman–Crippen MR) is 101 cm³/mol. The molecule has 4 heteroatoms. The summed E-state index contributed by atoms with van der Waals surface area (Å²) in [5.41, 5.74) is 3.93. The number of hydrogen-bond acceptors (Lipinski definition) is 3. The van der Waals surface area contributed by atoms with Crippen LogP contribution >= 0.6 is 11.3 Å². The normalized spacial score (nSPS) is 11.0. The van der Waals surface area contributed by atoms with Gasteiger partial charge in [-0.25, -0.2) is 0 Å². The molecule has 2 N–H and O–H groups in total. The number of carbonyl (C=O) groups is 1. The minimum Gasteiger partial charge on any atom is -0.481 e. The number of nitrogens with one attached hydrogen (secondary N) is 1. The third-order valence-electron chi connectivity index (χ3n) is 4.12. The molecule has 0 atom stereocenters. The molecule has 0 spiro atoms. The molecule has 1 aromatic heterocycles. The van der Waals surface area contributed by atoms with Gasteiger partial charge in [-0.3, -0.25) is 4.79 Å². The second-order valence-corrected chi connectivity index (χ2v) is 6.93. The number of rotatable bonds is 7. The Bertz CT molecular complexity index is 854. The van der Waals surface area contributed by atoms with E-state index in [2.05, 4.69) is 60.8 Å². The third-order valence-corrected chi connectivity index (χ3v) is 5.22. The van der Waals surface area contributed by atoms with Crippen molar-refractivity contribution in [1.82, 2.24) is 5.32 Å². The smallest absolute Gasteiger partial charge is 0.304 e. The van der Waals surface area contributed by atoms with Crippen molar-refractivity contribution in [2.75, 3.05) is 6.54 Å². The summed E-state index contributed by atoms with van der Waals surface area (Å²) in [4.78, 5) is 11.8. The molecule has 0 amide bonds. The molecule has 1 heterocycles. The highest BCUT2D eigenvalue weighted by Crippen LogP contribution is 2.35. The first-order valence-corrected chi connectivity index (χ1v) is 9.03. The number of carboxylic acids is 1. The van der Waals surface area contributed by atoms with Gasteiger partial charge in [-0.1, -0.05) is 43.3 Å². The van der Waals surface area contributed by atoms with E-state index in [-0.39, 0.29) is 6.42 Å². The van der Waals surface area contributed by atoms with Gasteiger partial charge in [0, 0.05) is 28.1 Å². The Kier molecular flexibility index (Phi) is 5.28. The van der Waals surface area contributed by atoms with E-state index >= 15 is 0 Å². The first-order chi connectivity index (χ1) is 11.7. The summed E-state index contributed by atoms with van der Waals surface area (Å²) >= 11 is 1.77. The maximum atomic E-state index is 10.6. The van der Waals surface area contributed by atoms with E-state index in [1.807, 2.05) is 0 Å². The second-order valence-electron chi connectivity index (χ2n) is 5.76. The van der Waals surface area contributed by atoms with Crippen molar-refractivity contribution in [2.24, 2.45) is 0 Å². The lowest BCUT2D eigenvalue weighted by Gasteiger charge is -2.09. The van der Waals surface area contributed by atoms with Crippen LogP contribution in [0.1, 0.15) is 23.8 Å². The molecule has 124 valence electrons. The molecule has 3 nitrogen and oxygen atoms in total. The standard InChI is InChI=1S/C20H21NO2S/c1-2-14-6-3-4-7-16(14)17-8-5-9-19-18(17)12-15(24-19)13-21-11-10-20(22)23/h3-9,12,21H,2,10-11,13H2,1H3,(H,22,23). The van der Waals surface area contributed by atoms with Crippen LogP contribution in [0.4, 0.5) is 0 Å². The molecule has 0 aliphatic heterocycles. The maximum absolute atomic E-state index is 10.6. The van der Waals surface area contributed by atoms with Gasteiger partial charge >= 0.3 is 5.97 Å². The Morgan fingerprint density at radius 1 is 1.12 bits per heavy atom. The molecular weight excluding hydrogens is 318 g/mol. The van der Waals surface area contributed by atoms with Gasteiger partial charge in [0.2, 0.25) is 0 Å². The number of thiophene rings is 1. The number of aliphatic carboxylic acids is 1. The molecule has 0 radical (unpaired) electrons. The lowest BCUT2D eigenvalue weighted by Crippen LogP contribution is -2.16. The van der Waals surface area contributed by atoms with Crippen molar-refractivity contribution in [3.8, 4) is 11.1 Å². The van der Waals surface area contributed by atoms with Gasteiger partial charge in [0.15, 0.2) is 0 Å². The molecule has 0 aliphatic rings. The van der Waals surface area contributed by atoms with Gasteiger partial charge in [0.1, 0.15) is 0 Å². The largest absolute Gasteiger partial charge is 0.481 e. The summed E-state index contributed by atoms with van der Waals surface area (Å²) < 4.78 is 1.27. The summed E-state index contributed by atoms with van der Waals surface area (Å²) in [6.07, 6.45) is 1.17. The van der Waals surface area contributed by atoms with E-state index in [1.54, 1.807) is 11.3 Å². The average Bonchev–Trinajstić information content (AvgIpc) is 3.01. The molecule has 0 saturated carbocycles. The highest BCUT2D eigenvalue weighted by molar-refractivity contribution is 7.19. The van der Waals surface area contributed by atoms with Crippen molar-refractivity contribution < 1.29 is 9.90 Å². The first-order valence-electron chi connectivity index (χ1n) is 8.21. The van der Waals surface area contributed by atoms with Crippen LogP contribution in [0, 0.1) is 0 Å². The van der Waals surface area contributed by atoms with Gasteiger partial charge in [-0.2, -0.15) is 0 Å². The average molecular weight is 339 g/mol. The van der Waals surface area contributed by atoms with Crippen LogP contribution in [0.15, 0.2) is 48.5 Å². The quantitative estimate of drug-likeness (QED) is 0.614. The van der Waals surface area contributed by atoms with Gasteiger partial charge in [0.05, 0.1) is 6.42 Å². The molecule has 3 aromatic rings. The summed E-state index contributed by atoms with van der Waals surface area (Å²) in [7, 11) is 0. The van der Waals surface area contributed by atoms with Crippen molar-refractivity contribution in [3.05, 3.63) is 59.0 Å². The maximum Gasteiger partial charge on any atom is 0.304 e. The zero-order valence-corrected chi connectivity index (χ0v) is 14.5. The third kappa shape index (κ3) is 3.66. The Morgan fingerprint density at radius 2 is 1.92 bits per heavy atom. The second kappa shape index (κ2) is 7.60. The van der Waals surface area contributed by atoms with E-state index in [1.165, 1.54) is 31.7 Å². The molecule has 0 bridgehead atoms. The zero-order chi connectivity index (χ0) is 16.9. The molecule has 24 heavy (non-hydrogen) atoms. The zero-order valence-electron chi connectivity index (χ0n) is 13.7. The van der Waals surface area contributed by atoms with Crippen molar-refractivity contribution in [2.45, 2.75) is 26.3 Å². The topological polar surface area (TPSA) is 49.3 Å². The molecular formula is C20H21NO2S. The van der Waals surface area contributed by atoms with Crippen molar-refractivity contribution >= 4 is 27.4 Å². The molecule has 0 fully saturated rings. The van der Waals surface area contributed by atoms with E-state index in [0.29, 0.717) is 13.1 Å². The Hall–Kier alpha value is -2.17. The van der Waals surface area contributed by atoms with Crippen molar-refractivity contribution in [3.63, 3.8) is 0 Å². The highest BCUT2D eigenvalue weighted by Gasteiger charge is 2.10. The minimum absolute atomic E-state index is 0.153. The molecule has 0 unspecified atom stereocenters. The number of aryl methyl sites for hydroxylation is 1. The first kappa shape index (κ1) is 16.7. The summed E-state index contributed by atoms with van der Waals surface area (Å²) in [6.45, 7) is 3.39. The Morgan fingerprint density at radius 3 is 2.71 bits per heavy atom. The van der Waals surface area contributed by atoms with Gasteiger partial charge in [0.25, 0.3) is 0 Å². The Labute approximate surface area is 146 Å². The van der Waals surface area contributed by atoms with Gasteiger partial charge in [-0.05, 0) is 35.2 Å². The number of fused-ring (bicyclic) bond motifs is 1. The van der Waals surface area contributed by atoms with Crippen LogP contribution in [-0.4, -0.2) is 17.6 Å². The lowest BCUT2D eigenvalue weighted by molar-refractivity contribution is -0.136. The van der Waals surface area contributed by atoms with Crippen LogP contribution < -0.4 is 5.32 Å².